The Hall–Kier alpha value is -2.34. The standard InChI is InChI=1S/C31H40ClN3O2/c32-29-12-13-30(31-28(29)7-5-17-33-31)37-27-15-22-35(23-16-27)21-14-25-8-10-26(11-9-25)36-24-6-20-34-18-3-1-2-4-19-34/h5,7-13,17,27H,1-4,6,14-16,18-24H2. The minimum absolute atomic E-state index is 0.221. The number of piperidine rings is 1. The van der Waals surface area contributed by atoms with Crippen LogP contribution in [0.1, 0.15) is 50.5 Å². The van der Waals surface area contributed by atoms with Crippen LogP contribution in [0.25, 0.3) is 10.9 Å². The average Bonchev–Trinajstić information content (AvgIpc) is 3.22. The monoisotopic (exact) mass is 521 g/mol. The molecule has 2 aromatic carbocycles. The summed E-state index contributed by atoms with van der Waals surface area (Å²) in [6.07, 6.45) is 11.7. The third kappa shape index (κ3) is 7.59. The SMILES string of the molecule is Clc1ccc(OC2CCN(CCc3ccc(OCCCN4CCCCCC4)cc3)CC2)c2ncccc12. The van der Waals surface area contributed by atoms with Crippen molar-refractivity contribution in [1.29, 1.82) is 0 Å². The third-order valence-electron chi connectivity index (χ3n) is 7.73. The van der Waals surface area contributed by atoms with Gasteiger partial charge in [-0.1, -0.05) is 36.6 Å². The van der Waals surface area contributed by atoms with E-state index in [2.05, 4.69) is 39.0 Å². The van der Waals surface area contributed by atoms with Crippen LogP contribution >= 0.6 is 11.6 Å². The molecule has 0 atom stereocenters. The minimum atomic E-state index is 0.221. The van der Waals surface area contributed by atoms with Crippen molar-refractivity contribution < 1.29 is 9.47 Å². The number of benzene rings is 2. The van der Waals surface area contributed by atoms with Crippen LogP contribution in [0.15, 0.2) is 54.7 Å². The topological polar surface area (TPSA) is 37.8 Å². The summed E-state index contributed by atoms with van der Waals surface area (Å²) >= 11 is 6.33. The van der Waals surface area contributed by atoms with Crippen LogP contribution in [0, 0.1) is 0 Å². The van der Waals surface area contributed by atoms with Gasteiger partial charge in [0, 0.05) is 37.8 Å². The highest BCUT2D eigenvalue weighted by Gasteiger charge is 2.21. The number of aromatic nitrogens is 1. The third-order valence-corrected chi connectivity index (χ3v) is 8.06. The molecule has 5 nitrogen and oxygen atoms in total. The minimum Gasteiger partial charge on any atom is -0.494 e. The molecule has 198 valence electrons. The van der Waals surface area contributed by atoms with E-state index in [4.69, 9.17) is 21.1 Å². The van der Waals surface area contributed by atoms with E-state index in [9.17, 15) is 0 Å². The number of halogens is 1. The second-order valence-corrected chi connectivity index (χ2v) is 10.9. The second-order valence-electron chi connectivity index (χ2n) is 10.5. The van der Waals surface area contributed by atoms with Gasteiger partial charge in [0.15, 0.2) is 0 Å². The Morgan fingerprint density at radius 2 is 1.59 bits per heavy atom. The van der Waals surface area contributed by atoms with Crippen LogP contribution in [-0.4, -0.2) is 66.8 Å². The van der Waals surface area contributed by atoms with Gasteiger partial charge in [-0.25, -0.2) is 0 Å². The van der Waals surface area contributed by atoms with Crippen molar-refractivity contribution in [3.63, 3.8) is 0 Å². The van der Waals surface area contributed by atoms with Gasteiger partial charge in [0.25, 0.3) is 0 Å². The van der Waals surface area contributed by atoms with Crippen LogP contribution in [0.5, 0.6) is 11.5 Å². The maximum Gasteiger partial charge on any atom is 0.146 e. The molecule has 1 aromatic heterocycles. The van der Waals surface area contributed by atoms with Crippen molar-refractivity contribution in [3.8, 4) is 11.5 Å². The number of hydrogen-bond donors (Lipinski definition) is 0. The predicted molar refractivity (Wildman–Crippen MR) is 152 cm³/mol. The Morgan fingerprint density at radius 1 is 0.838 bits per heavy atom. The molecule has 0 N–H and O–H groups in total. The molecule has 2 aliphatic heterocycles. The quantitative estimate of drug-likeness (QED) is 0.280. The normalized spacial score (nSPS) is 18.1. The molecule has 0 unspecified atom stereocenters. The first-order valence-corrected chi connectivity index (χ1v) is 14.5. The predicted octanol–water partition coefficient (Wildman–Crippen LogP) is 6.62. The van der Waals surface area contributed by atoms with E-state index in [1.54, 1.807) is 6.20 Å². The van der Waals surface area contributed by atoms with Crippen molar-refractivity contribution in [3.05, 3.63) is 65.3 Å². The fourth-order valence-corrected chi connectivity index (χ4v) is 5.73. The molecule has 0 spiro atoms. The number of nitrogens with zero attached hydrogens (tertiary/aromatic N) is 3. The molecule has 0 saturated carbocycles. The van der Waals surface area contributed by atoms with Gasteiger partial charge < -0.3 is 19.3 Å². The van der Waals surface area contributed by atoms with E-state index in [0.717, 1.165) is 80.9 Å². The maximum absolute atomic E-state index is 6.36. The summed E-state index contributed by atoms with van der Waals surface area (Å²) in [7, 11) is 0. The highest BCUT2D eigenvalue weighted by Crippen LogP contribution is 2.31. The number of hydrogen-bond acceptors (Lipinski definition) is 5. The van der Waals surface area contributed by atoms with E-state index >= 15 is 0 Å². The zero-order valence-electron chi connectivity index (χ0n) is 21.9. The van der Waals surface area contributed by atoms with Gasteiger partial charge in [0.05, 0.1) is 11.6 Å². The molecular weight excluding hydrogens is 482 g/mol. The van der Waals surface area contributed by atoms with E-state index in [0.29, 0.717) is 5.02 Å². The Bertz CT molecular complexity index is 1110. The number of ether oxygens (including phenoxy) is 2. The van der Waals surface area contributed by atoms with Crippen molar-refractivity contribution in [2.24, 2.45) is 0 Å². The lowest BCUT2D eigenvalue weighted by Crippen LogP contribution is -2.39. The molecule has 0 bridgehead atoms. The van der Waals surface area contributed by atoms with Gasteiger partial charge in [-0.05, 0) is 93.6 Å². The van der Waals surface area contributed by atoms with Crippen molar-refractivity contribution in [2.45, 2.75) is 57.5 Å². The van der Waals surface area contributed by atoms with Crippen LogP contribution in [-0.2, 0) is 6.42 Å². The molecule has 0 amide bonds. The van der Waals surface area contributed by atoms with E-state index in [1.165, 1.54) is 44.3 Å². The van der Waals surface area contributed by atoms with Gasteiger partial charge in [-0.2, -0.15) is 0 Å². The Balaban J connectivity index is 1.00. The van der Waals surface area contributed by atoms with E-state index in [1.807, 2.05) is 24.3 Å². The first-order valence-electron chi connectivity index (χ1n) is 14.1. The largest absolute Gasteiger partial charge is 0.494 e. The summed E-state index contributed by atoms with van der Waals surface area (Å²) in [6.45, 7) is 7.67. The molecule has 3 heterocycles. The molecule has 37 heavy (non-hydrogen) atoms. The lowest BCUT2D eigenvalue weighted by atomic mass is 10.1. The second kappa shape index (κ2) is 13.5. The summed E-state index contributed by atoms with van der Waals surface area (Å²) in [6, 6.07) is 16.5. The summed E-state index contributed by atoms with van der Waals surface area (Å²) in [5.74, 6) is 1.82. The highest BCUT2D eigenvalue weighted by molar-refractivity contribution is 6.35. The lowest BCUT2D eigenvalue weighted by Gasteiger charge is -2.32. The first kappa shape index (κ1) is 26.3. The fraction of sp³-hybridized carbons (Fsp3) is 0.516. The van der Waals surface area contributed by atoms with Crippen molar-refractivity contribution >= 4 is 22.5 Å². The number of rotatable bonds is 10. The fourth-order valence-electron chi connectivity index (χ4n) is 5.51. The molecule has 2 fully saturated rings. The zero-order valence-corrected chi connectivity index (χ0v) is 22.7. The van der Waals surface area contributed by atoms with Gasteiger partial charge in [-0.15, -0.1) is 0 Å². The van der Waals surface area contributed by atoms with Gasteiger partial charge >= 0.3 is 0 Å². The molecule has 2 saturated heterocycles. The van der Waals surface area contributed by atoms with Crippen LogP contribution in [0.4, 0.5) is 0 Å². The zero-order chi connectivity index (χ0) is 25.3. The van der Waals surface area contributed by atoms with Crippen LogP contribution < -0.4 is 9.47 Å². The van der Waals surface area contributed by atoms with Crippen LogP contribution in [0.2, 0.25) is 5.02 Å². The Labute approximate surface area is 226 Å². The summed E-state index contributed by atoms with van der Waals surface area (Å²) in [5, 5.41) is 1.66. The lowest BCUT2D eigenvalue weighted by molar-refractivity contribution is 0.102. The van der Waals surface area contributed by atoms with E-state index < -0.39 is 0 Å². The summed E-state index contributed by atoms with van der Waals surface area (Å²) in [5.41, 5.74) is 2.22. The van der Waals surface area contributed by atoms with Gasteiger partial charge in [-0.3, -0.25) is 4.98 Å². The Morgan fingerprint density at radius 3 is 2.38 bits per heavy atom. The summed E-state index contributed by atoms with van der Waals surface area (Å²) < 4.78 is 12.4. The molecule has 0 radical (unpaired) electrons. The first-order chi connectivity index (χ1) is 18.2. The number of likely N-dealkylation sites (tertiary alicyclic amines) is 2. The number of pyridine rings is 1. The maximum atomic E-state index is 6.36. The van der Waals surface area contributed by atoms with Gasteiger partial charge in [0.2, 0.25) is 0 Å². The molecule has 2 aliphatic rings. The van der Waals surface area contributed by atoms with Crippen molar-refractivity contribution in [2.75, 3.05) is 45.9 Å². The molecule has 3 aromatic rings. The molecule has 5 rings (SSSR count). The van der Waals surface area contributed by atoms with Crippen LogP contribution in [0.3, 0.4) is 0 Å². The Kier molecular flexibility index (Phi) is 9.55. The molecular formula is C31H40ClN3O2. The molecule has 0 aliphatic carbocycles. The average molecular weight is 522 g/mol. The smallest absolute Gasteiger partial charge is 0.146 e. The van der Waals surface area contributed by atoms with E-state index in [-0.39, 0.29) is 6.10 Å². The van der Waals surface area contributed by atoms with Gasteiger partial charge in [0.1, 0.15) is 23.1 Å². The molecule has 6 heteroatoms. The number of fused-ring (bicyclic) bond motifs is 1. The highest BCUT2D eigenvalue weighted by atomic mass is 35.5. The summed E-state index contributed by atoms with van der Waals surface area (Å²) in [4.78, 5) is 9.65. The van der Waals surface area contributed by atoms with Crippen molar-refractivity contribution in [1.82, 2.24) is 14.8 Å².